The molecule has 120 valence electrons. The Bertz CT molecular complexity index is 499. The molecule has 0 fully saturated rings. The number of allylic oxidation sites excluding steroid dienone is 2. The van der Waals surface area contributed by atoms with Gasteiger partial charge in [0.15, 0.2) is 0 Å². The van der Waals surface area contributed by atoms with E-state index in [-0.39, 0.29) is 5.97 Å². The van der Waals surface area contributed by atoms with E-state index in [0.717, 1.165) is 5.92 Å². The topological polar surface area (TPSA) is 26.3 Å². The molecule has 0 heterocycles. The van der Waals surface area contributed by atoms with E-state index in [9.17, 15) is 4.79 Å². The molecule has 0 bridgehead atoms. The molecule has 1 atom stereocenters. The van der Waals surface area contributed by atoms with Crippen LogP contribution in [0.2, 0.25) is 0 Å². The third-order valence-electron chi connectivity index (χ3n) is 4.47. The van der Waals surface area contributed by atoms with Crippen LogP contribution in [-0.2, 0) is 4.79 Å². The number of rotatable bonds is 7. The van der Waals surface area contributed by atoms with Gasteiger partial charge in [-0.25, -0.2) is 0 Å². The van der Waals surface area contributed by atoms with Crippen LogP contribution in [0.15, 0.2) is 30.3 Å². The van der Waals surface area contributed by atoms with Crippen molar-refractivity contribution in [3.05, 3.63) is 35.9 Å². The van der Waals surface area contributed by atoms with Crippen LogP contribution in [0.25, 0.3) is 5.57 Å². The van der Waals surface area contributed by atoms with Gasteiger partial charge in [-0.3, -0.25) is 4.79 Å². The lowest BCUT2D eigenvalue weighted by Gasteiger charge is -2.22. The highest BCUT2D eigenvalue weighted by Crippen LogP contribution is 2.33. The molecule has 0 aliphatic heterocycles. The predicted octanol–water partition coefficient (Wildman–Crippen LogP) is 5.77. The minimum atomic E-state index is -0.268. The lowest BCUT2D eigenvalue weighted by molar-refractivity contribution is -0.131. The standard InChI is InChI=1S/C20H28O2/c1-3-4-5-6-7-17-8-10-18(11-9-17)19-12-14-20(15-13-19)22-16(2)21/h10,12-15,17H,3-9,11H2,1-2H3. The van der Waals surface area contributed by atoms with Gasteiger partial charge in [0.1, 0.15) is 5.75 Å². The van der Waals surface area contributed by atoms with Gasteiger partial charge in [0.2, 0.25) is 0 Å². The Hall–Kier alpha value is -1.57. The average molecular weight is 300 g/mol. The van der Waals surface area contributed by atoms with Crippen LogP contribution in [-0.4, -0.2) is 5.97 Å². The van der Waals surface area contributed by atoms with Gasteiger partial charge in [-0.1, -0.05) is 57.2 Å². The number of esters is 1. The van der Waals surface area contributed by atoms with E-state index in [1.165, 1.54) is 69.4 Å². The summed E-state index contributed by atoms with van der Waals surface area (Å²) in [6, 6.07) is 7.89. The summed E-state index contributed by atoms with van der Waals surface area (Å²) in [6.45, 7) is 3.70. The maximum absolute atomic E-state index is 10.9. The van der Waals surface area contributed by atoms with Crippen LogP contribution in [0.5, 0.6) is 5.75 Å². The largest absolute Gasteiger partial charge is 0.427 e. The molecule has 1 aromatic rings. The molecule has 0 amide bonds. The first-order chi connectivity index (χ1) is 10.7. The van der Waals surface area contributed by atoms with Gasteiger partial charge in [-0.15, -0.1) is 0 Å². The van der Waals surface area contributed by atoms with Crippen LogP contribution in [0, 0.1) is 5.92 Å². The number of carbonyl (C=O) groups is 1. The Morgan fingerprint density at radius 1 is 1.18 bits per heavy atom. The molecule has 2 heteroatoms. The Labute approximate surface area is 134 Å². The molecule has 0 aromatic heterocycles. The van der Waals surface area contributed by atoms with Crippen molar-refractivity contribution in [2.75, 3.05) is 0 Å². The molecule has 1 aliphatic rings. The molecule has 0 spiro atoms. The number of carbonyl (C=O) groups excluding carboxylic acids is 1. The van der Waals surface area contributed by atoms with E-state index in [1.54, 1.807) is 0 Å². The van der Waals surface area contributed by atoms with E-state index in [4.69, 9.17) is 4.74 Å². The number of unbranched alkanes of at least 4 members (excludes halogenated alkanes) is 3. The quantitative estimate of drug-likeness (QED) is 0.363. The molecule has 2 nitrogen and oxygen atoms in total. The zero-order chi connectivity index (χ0) is 15.8. The van der Waals surface area contributed by atoms with E-state index in [1.807, 2.05) is 12.1 Å². The minimum Gasteiger partial charge on any atom is -0.427 e. The summed E-state index contributed by atoms with van der Waals surface area (Å²) < 4.78 is 5.08. The van der Waals surface area contributed by atoms with Gasteiger partial charge in [0, 0.05) is 6.92 Å². The molecule has 0 N–H and O–H groups in total. The molecule has 1 aliphatic carbocycles. The first-order valence-electron chi connectivity index (χ1n) is 8.67. The van der Waals surface area contributed by atoms with Crippen molar-refractivity contribution >= 4 is 11.5 Å². The van der Waals surface area contributed by atoms with E-state index >= 15 is 0 Å². The first-order valence-corrected chi connectivity index (χ1v) is 8.67. The average Bonchev–Trinajstić information content (AvgIpc) is 2.52. The van der Waals surface area contributed by atoms with Crippen LogP contribution in [0.4, 0.5) is 0 Å². The molecule has 0 saturated carbocycles. The molecular weight excluding hydrogens is 272 g/mol. The second-order valence-electron chi connectivity index (χ2n) is 6.34. The molecule has 22 heavy (non-hydrogen) atoms. The summed E-state index contributed by atoms with van der Waals surface area (Å²) in [6.07, 6.45) is 13.0. The third kappa shape index (κ3) is 5.32. The molecule has 0 radical (unpaired) electrons. The fraction of sp³-hybridized carbons (Fsp3) is 0.550. The smallest absolute Gasteiger partial charge is 0.308 e. The molecule has 1 unspecified atom stereocenters. The van der Waals surface area contributed by atoms with Crippen molar-refractivity contribution in [2.24, 2.45) is 5.92 Å². The zero-order valence-corrected chi connectivity index (χ0v) is 13.9. The van der Waals surface area contributed by atoms with Crippen LogP contribution < -0.4 is 4.74 Å². The van der Waals surface area contributed by atoms with Gasteiger partial charge in [-0.2, -0.15) is 0 Å². The highest BCUT2D eigenvalue weighted by atomic mass is 16.5. The number of hydrogen-bond donors (Lipinski definition) is 0. The summed E-state index contributed by atoms with van der Waals surface area (Å²) in [7, 11) is 0. The maximum Gasteiger partial charge on any atom is 0.308 e. The Balaban J connectivity index is 1.83. The maximum atomic E-state index is 10.9. The lowest BCUT2D eigenvalue weighted by Crippen LogP contribution is -2.05. The summed E-state index contributed by atoms with van der Waals surface area (Å²) in [5, 5.41) is 0. The molecular formula is C20H28O2. The fourth-order valence-electron chi connectivity index (χ4n) is 3.18. The normalized spacial score (nSPS) is 17.9. The van der Waals surface area contributed by atoms with Crippen molar-refractivity contribution in [1.82, 2.24) is 0 Å². The summed E-state index contributed by atoms with van der Waals surface area (Å²) >= 11 is 0. The van der Waals surface area contributed by atoms with E-state index in [0.29, 0.717) is 5.75 Å². The third-order valence-corrected chi connectivity index (χ3v) is 4.47. The van der Waals surface area contributed by atoms with Crippen LogP contribution in [0.1, 0.15) is 70.8 Å². The van der Waals surface area contributed by atoms with Gasteiger partial charge in [0.25, 0.3) is 0 Å². The fourth-order valence-corrected chi connectivity index (χ4v) is 3.18. The summed E-state index contributed by atoms with van der Waals surface area (Å²) in [5.41, 5.74) is 2.71. The predicted molar refractivity (Wildman–Crippen MR) is 91.8 cm³/mol. The van der Waals surface area contributed by atoms with Gasteiger partial charge < -0.3 is 4.74 Å². The van der Waals surface area contributed by atoms with Crippen LogP contribution in [0.3, 0.4) is 0 Å². The summed E-state index contributed by atoms with van der Waals surface area (Å²) in [5.74, 6) is 1.23. The highest BCUT2D eigenvalue weighted by molar-refractivity contribution is 5.70. The van der Waals surface area contributed by atoms with Gasteiger partial charge in [-0.05, 0) is 48.4 Å². The summed E-state index contributed by atoms with van der Waals surface area (Å²) in [4.78, 5) is 10.9. The zero-order valence-electron chi connectivity index (χ0n) is 13.9. The minimum absolute atomic E-state index is 0.268. The number of hydrogen-bond acceptors (Lipinski definition) is 2. The van der Waals surface area contributed by atoms with Crippen molar-refractivity contribution in [1.29, 1.82) is 0 Å². The SMILES string of the molecule is CCCCCCC1CC=C(c2ccc(OC(C)=O)cc2)CC1. The molecule has 0 saturated heterocycles. The van der Waals surface area contributed by atoms with Gasteiger partial charge in [0.05, 0.1) is 0 Å². The second kappa shape index (κ2) is 8.77. The Morgan fingerprint density at radius 2 is 1.95 bits per heavy atom. The van der Waals surface area contributed by atoms with Crippen molar-refractivity contribution in [3.8, 4) is 5.75 Å². The number of ether oxygens (including phenoxy) is 1. The molecule has 1 aromatic carbocycles. The number of benzene rings is 1. The van der Waals surface area contributed by atoms with E-state index < -0.39 is 0 Å². The van der Waals surface area contributed by atoms with Crippen molar-refractivity contribution < 1.29 is 9.53 Å². The second-order valence-corrected chi connectivity index (χ2v) is 6.34. The van der Waals surface area contributed by atoms with Crippen LogP contribution >= 0.6 is 0 Å². The highest BCUT2D eigenvalue weighted by Gasteiger charge is 2.15. The van der Waals surface area contributed by atoms with Crippen molar-refractivity contribution in [3.63, 3.8) is 0 Å². The molecule has 2 rings (SSSR count). The first kappa shape index (κ1) is 16.8. The van der Waals surface area contributed by atoms with Gasteiger partial charge >= 0.3 is 5.97 Å². The lowest BCUT2D eigenvalue weighted by atomic mass is 9.84. The Kier molecular flexibility index (Phi) is 6.70. The van der Waals surface area contributed by atoms with Crippen molar-refractivity contribution in [2.45, 2.75) is 65.2 Å². The van der Waals surface area contributed by atoms with E-state index in [2.05, 4.69) is 25.1 Å². The monoisotopic (exact) mass is 300 g/mol. The Morgan fingerprint density at radius 3 is 2.55 bits per heavy atom.